The molecule has 0 N–H and O–H groups in total. The number of rotatable bonds is 2. The maximum Gasteiger partial charge on any atom is 0.205 e. The van der Waals surface area contributed by atoms with Gasteiger partial charge in [-0.2, -0.15) is 0 Å². The van der Waals surface area contributed by atoms with Crippen LogP contribution in [-0.2, 0) is 19.3 Å². The molecule has 3 aliphatic rings. The lowest BCUT2D eigenvalue weighted by atomic mass is 10.2. The standard InChI is InChI=1S/C13H12O4S/c14-18(15,8-4-2-1-3-5-8)12-7-10-9(16-10)6-11-13(12)17-11/h1-5,7,9-11,13H,6H2/t9-,10+,11-,13-/m1/s1. The van der Waals surface area contributed by atoms with E-state index in [0.717, 1.165) is 6.42 Å². The Morgan fingerprint density at radius 1 is 1.06 bits per heavy atom. The number of ether oxygens (including phenoxy) is 2. The Morgan fingerprint density at radius 2 is 1.83 bits per heavy atom. The van der Waals surface area contributed by atoms with Crippen LogP contribution in [0.25, 0.3) is 0 Å². The molecule has 5 heteroatoms. The van der Waals surface area contributed by atoms with E-state index in [4.69, 9.17) is 9.47 Å². The summed E-state index contributed by atoms with van der Waals surface area (Å²) in [7, 11) is -3.44. The molecule has 0 spiro atoms. The third-order valence-electron chi connectivity index (χ3n) is 3.64. The van der Waals surface area contributed by atoms with Gasteiger partial charge in [-0.15, -0.1) is 0 Å². The predicted octanol–water partition coefficient (Wildman–Crippen LogP) is 1.28. The number of fused-ring (bicyclic) bond motifs is 2. The van der Waals surface area contributed by atoms with Crippen LogP contribution >= 0.6 is 0 Å². The third-order valence-corrected chi connectivity index (χ3v) is 5.52. The summed E-state index contributed by atoms with van der Waals surface area (Å²) >= 11 is 0. The highest BCUT2D eigenvalue weighted by molar-refractivity contribution is 7.95. The highest BCUT2D eigenvalue weighted by Gasteiger charge is 2.55. The molecule has 1 aliphatic carbocycles. The Bertz CT molecular complexity index is 620. The maximum atomic E-state index is 12.5. The van der Waals surface area contributed by atoms with E-state index >= 15 is 0 Å². The van der Waals surface area contributed by atoms with E-state index in [1.165, 1.54) is 0 Å². The molecule has 94 valence electrons. The summed E-state index contributed by atoms with van der Waals surface area (Å²) in [5.41, 5.74) is 0. The van der Waals surface area contributed by atoms with Crippen molar-refractivity contribution in [1.82, 2.24) is 0 Å². The summed E-state index contributed by atoms with van der Waals surface area (Å²) in [5, 5.41) is 0. The van der Waals surface area contributed by atoms with Crippen LogP contribution < -0.4 is 0 Å². The molecule has 0 saturated carbocycles. The first kappa shape index (κ1) is 10.7. The maximum absolute atomic E-state index is 12.5. The fourth-order valence-electron chi connectivity index (χ4n) is 2.53. The van der Waals surface area contributed by atoms with Crippen molar-refractivity contribution in [1.29, 1.82) is 0 Å². The monoisotopic (exact) mass is 264 g/mol. The zero-order valence-corrected chi connectivity index (χ0v) is 10.3. The minimum Gasteiger partial charge on any atom is -0.365 e. The van der Waals surface area contributed by atoms with Crippen LogP contribution in [0, 0.1) is 0 Å². The van der Waals surface area contributed by atoms with Crippen LogP contribution in [-0.4, -0.2) is 32.8 Å². The topological polar surface area (TPSA) is 59.2 Å². The number of benzene rings is 1. The summed E-state index contributed by atoms with van der Waals surface area (Å²) in [6, 6.07) is 8.49. The summed E-state index contributed by atoms with van der Waals surface area (Å²) in [5.74, 6) is 0. The minimum atomic E-state index is -3.44. The zero-order valence-electron chi connectivity index (χ0n) is 9.52. The van der Waals surface area contributed by atoms with Crippen LogP contribution in [0.15, 0.2) is 46.2 Å². The van der Waals surface area contributed by atoms with Crippen molar-refractivity contribution in [2.45, 2.75) is 35.7 Å². The molecule has 18 heavy (non-hydrogen) atoms. The zero-order chi connectivity index (χ0) is 12.3. The largest absolute Gasteiger partial charge is 0.365 e. The van der Waals surface area contributed by atoms with Gasteiger partial charge >= 0.3 is 0 Å². The molecule has 2 saturated heterocycles. The van der Waals surface area contributed by atoms with E-state index < -0.39 is 9.84 Å². The highest BCUT2D eigenvalue weighted by atomic mass is 32.2. The first-order valence-corrected chi connectivity index (χ1v) is 7.47. The van der Waals surface area contributed by atoms with Gasteiger partial charge in [0.2, 0.25) is 9.84 Å². The van der Waals surface area contributed by atoms with Gasteiger partial charge in [-0.05, 0) is 18.2 Å². The normalized spacial score (nSPS) is 37.0. The summed E-state index contributed by atoms with van der Waals surface area (Å²) < 4.78 is 35.9. The third kappa shape index (κ3) is 1.55. The summed E-state index contributed by atoms with van der Waals surface area (Å²) in [4.78, 5) is 0.702. The van der Waals surface area contributed by atoms with Gasteiger partial charge in [0.05, 0.1) is 22.0 Å². The molecule has 4 atom stereocenters. The van der Waals surface area contributed by atoms with Crippen LogP contribution in [0.1, 0.15) is 6.42 Å². The van der Waals surface area contributed by atoms with Gasteiger partial charge in [-0.25, -0.2) is 8.42 Å². The van der Waals surface area contributed by atoms with E-state index in [-0.39, 0.29) is 24.4 Å². The number of epoxide rings is 2. The molecule has 2 heterocycles. The Balaban J connectivity index is 1.78. The second kappa shape index (κ2) is 3.44. The fraction of sp³-hybridized carbons (Fsp3) is 0.385. The minimum absolute atomic E-state index is 0.0206. The van der Waals surface area contributed by atoms with Crippen molar-refractivity contribution in [2.24, 2.45) is 0 Å². The van der Waals surface area contributed by atoms with Gasteiger partial charge in [0.1, 0.15) is 12.2 Å². The van der Waals surface area contributed by atoms with E-state index in [1.54, 1.807) is 36.4 Å². The average Bonchev–Trinajstić information content (AvgIpc) is 3.23. The van der Waals surface area contributed by atoms with Crippen LogP contribution in [0.3, 0.4) is 0 Å². The van der Waals surface area contributed by atoms with E-state index in [2.05, 4.69) is 0 Å². The molecular weight excluding hydrogens is 252 g/mol. The molecular formula is C13H12O4S. The Labute approximate surface area is 105 Å². The first-order valence-electron chi connectivity index (χ1n) is 5.99. The van der Waals surface area contributed by atoms with Gasteiger partial charge in [-0.1, -0.05) is 18.2 Å². The quantitative estimate of drug-likeness (QED) is 0.755. The second-order valence-corrected chi connectivity index (χ2v) is 6.81. The molecule has 0 amide bonds. The van der Waals surface area contributed by atoms with Gasteiger partial charge < -0.3 is 9.47 Å². The molecule has 0 bridgehead atoms. The Morgan fingerprint density at radius 3 is 2.61 bits per heavy atom. The molecule has 4 nitrogen and oxygen atoms in total. The SMILES string of the molecule is O=S(=O)(C1=C[C@@H]2O[C@@H]2C[C@H]2O[C@@H]12)c1ccccc1. The molecule has 2 aliphatic heterocycles. The number of hydrogen-bond donors (Lipinski definition) is 0. The molecule has 4 rings (SSSR count). The van der Waals surface area contributed by atoms with Gasteiger partial charge in [-0.3, -0.25) is 0 Å². The van der Waals surface area contributed by atoms with E-state index in [0.29, 0.717) is 9.80 Å². The second-order valence-electron chi connectivity index (χ2n) is 4.86. The van der Waals surface area contributed by atoms with Crippen LogP contribution in [0.2, 0.25) is 0 Å². The number of sulfone groups is 1. The summed E-state index contributed by atoms with van der Waals surface area (Å²) in [6.45, 7) is 0. The van der Waals surface area contributed by atoms with Crippen molar-refractivity contribution in [3.8, 4) is 0 Å². The average molecular weight is 264 g/mol. The fourth-order valence-corrected chi connectivity index (χ4v) is 4.14. The van der Waals surface area contributed by atoms with E-state index in [1.807, 2.05) is 0 Å². The molecule has 0 unspecified atom stereocenters. The van der Waals surface area contributed by atoms with E-state index in [9.17, 15) is 8.42 Å². The highest BCUT2D eigenvalue weighted by Crippen LogP contribution is 2.46. The molecule has 1 aromatic rings. The van der Waals surface area contributed by atoms with Crippen LogP contribution in [0.4, 0.5) is 0 Å². The van der Waals surface area contributed by atoms with Crippen molar-refractivity contribution >= 4 is 9.84 Å². The van der Waals surface area contributed by atoms with Crippen molar-refractivity contribution in [3.63, 3.8) is 0 Å². The predicted molar refractivity (Wildman–Crippen MR) is 63.6 cm³/mol. The first-order chi connectivity index (χ1) is 8.66. The van der Waals surface area contributed by atoms with Gasteiger partial charge in [0.15, 0.2) is 0 Å². The molecule has 2 fully saturated rings. The lowest BCUT2D eigenvalue weighted by Gasteiger charge is -2.06. The lowest BCUT2D eigenvalue weighted by molar-refractivity contribution is 0.336. The molecule has 0 radical (unpaired) electrons. The molecule has 0 aromatic heterocycles. The lowest BCUT2D eigenvalue weighted by Crippen LogP contribution is -2.11. The van der Waals surface area contributed by atoms with Crippen molar-refractivity contribution < 1.29 is 17.9 Å². The molecule has 1 aromatic carbocycles. The number of hydrogen-bond acceptors (Lipinski definition) is 4. The van der Waals surface area contributed by atoms with Crippen molar-refractivity contribution in [2.75, 3.05) is 0 Å². The smallest absolute Gasteiger partial charge is 0.205 e. The van der Waals surface area contributed by atoms with Gasteiger partial charge in [0, 0.05) is 6.42 Å². The van der Waals surface area contributed by atoms with Crippen LogP contribution in [0.5, 0.6) is 0 Å². The van der Waals surface area contributed by atoms with Crippen molar-refractivity contribution in [3.05, 3.63) is 41.3 Å². The Hall–Kier alpha value is -1.17. The Kier molecular flexibility index (Phi) is 2.05. The summed E-state index contributed by atoms with van der Waals surface area (Å²) in [6.07, 6.45) is 2.42. The van der Waals surface area contributed by atoms with Gasteiger partial charge in [0.25, 0.3) is 0 Å².